The molecule has 0 aromatic heterocycles. The number of carboxylic acid groups (broad SMARTS) is 2. The molecular weight excluding hydrogens is 404 g/mol. The van der Waals surface area contributed by atoms with E-state index >= 15 is 0 Å². The Hall–Kier alpha value is -2.77. The molecule has 0 aromatic carbocycles. The van der Waals surface area contributed by atoms with Gasteiger partial charge in [0.15, 0.2) is 0 Å². The molecule has 5 unspecified atom stereocenters. The van der Waals surface area contributed by atoms with Crippen molar-refractivity contribution in [3.8, 4) is 0 Å². The lowest BCUT2D eigenvalue weighted by atomic mass is 10.1. The van der Waals surface area contributed by atoms with Gasteiger partial charge in [-0.2, -0.15) is 0 Å². The van der Waals surface area contributed by atoms with E-state index in [0.717, 1.165) is 4.90 Å². The van der Waals surface area contributed by atoms with E-state index in [1.54, 1.807) is 0 Å². The molecule has 0 aromatic rings. The summed E-state index contributed by atoms with van der Waals surface area (Å²) >= 11 is 0. The molecule has 1 saturated heterocycles. The molecule has 0 bridgehead atoms. The van der Waals surface area contributed by atoms with E-state index in [0.29, 0.717) is 6.42 Å². The number of carbonyl (C=O) groups is 5. The molecule has 1 aliphatic rings. The van der Waals surface area contributed by atoms with Crippen LogP contribution in [0.15, 0.2) is 0 Å². The Morgan fingerprint density at radius 2 is 1.70 bits per heavy atom. The van der Waals surface area contributed by atoms with Gasteiger partial charge < -0.3 is 41.7 Å². The number of carboxylic acids is 2. The zero-order chi connectivity index (χ0) is 23.0. The number of nitrogens with two attached hydrogens (primary N) is 1. The number of carbonyl (C=O) groups excluding carboxylic acids is 3. The van der Waals surface area contributed by atoms with Gasteiger partial charge in [-0.3, -0.25) is 19.2 Å². The lowest BCUT2D eigenvalue weighted by Crippen LogP contribution is -2.59. The second kappa shape index (κ2) is 11.4. The van der Waals surface area contributed by atoms with Gasteiger partial charge in [0.05, 0.1) is 12.7 Å². The number of nitrogens with one attached hydrogen (secondary N) is 2. The van der Waals surface area contributed by atoms with Crippen LogP contribution in [0, 0.1) is 0 Å². The Kier molecular flexibility index (Phi) is 9.62. The quantitative estimate of drug-likeness (QED) is 0.171. The Labute approximate surface area is 172 Å². The van der Waals surface area contributed by atoms with Crippen LogP contribution in [0.3, 0.4) is 0 Å². The molecule has 0 radical (unpaired) electrons. The SMILES string of the molecule is CC(O)C(N)C(=O)NC(CCC(=O)O)C(=O)NC(CO)C(=O)N1CCCC1C(=O)O. The van der Waals surface area contributed by atoms with Crippen molar-refractivity contribution in [1.29, 1.82) is 0 Å². The van der Waals surface area contributed by atoms with Crippen molar-refractivity contribution in [2.24, 2.45) is 5.73 Å². The van der Waals surface area contributed by atoms with E-state index in [9.17, 15) is 39.3 Å². The number of rotatable bonds is 11. The molecule has 13 heteroatoms. The monoisotopic (exact) mass is 432 g/mol. The molecule has 13 nitrogen and oxygen atoms in total. The lowest BCUT2D eigenvalue weighted by molar-refractivity contribution is -0.150. The van der Waals surface area contributed by atoms with Gasteiger partial charge in [-0.1, -0.05) is 0 Å². The number of aliphatic hydroxyl groups excluding tert-OH is 2. The fourth-order valence-electron chi connectivity index (χ4n) is 2.97. The molecule has 0 aliphatic carbocycles. The highest BCUT2D eigenvalue weighted by atomic mass is 16.4. The van der Waals surface area contributed by atoms with Crippen LogP contribution in [0.4, 0.5) is 0 Å². The van der Waals surface area contributed by atoms with Crippen molar-refractivity contribution < 1.29 is 44.4 Å². The van der Waals surface area contributed by atoms with E-state index < -0.39 is 73.0 Å². The highest BCUT2D eigenvalue weighted by Gasteiger charge is 2.38. The third-order valence-corrected chi connectivity index (χ3v) is 4.72. The van der Waals surface area contributed by atoms with Crippen LogP contribution in [0.2, 0.25) is 0 Å². The molecular formula is C17H28N4O9. The van der Waals surface area contributed by atoms with E-state index in [2.05, 4.69) is 10.6 Å². The molecule has 1 heterocycles. The van der Waals surface area contributed by atoms with Gasteiger partial charge in [0.1, 0.15) is 24.2 Å². The largest absolute Gasteiger partial charge is 0.481 e. The van der Waals surface area contributed by atoms with E-state index in [1.807, 2.05) is 0 Å². The molecule has 1 rings (SSSR count). The summed E-state index contributed by atoms with van der Waals surface area (Å²) in [4.78, 5) is 60.4. The zero-order valence-electron chi connectivity index (χ0n) is 16.5. The van der Waals surface area contributed by atoms with Gasteiger partial charge in [0.25, 0.3) is 0 Å². The minimum absolute atomic E-state index is 0.143. The minimum Gasteiger partial charge on any atom is -0.481 e. The van der Waals surface area contributed by atoms with Gasteiger partial charge in [-0.25, -0.2) is 4.79 Å². The third kappa shape index (κ3) is 6.93. The summed E-state index contributed by atoms with van der Waals surface area (Å²) in [6, 6.07) is -5.34. The van der Waals surface area contributed by atoms with Gasteiger partial charge in [-0.05, 0) is 26.2 Å². The van der Waals surface area contributed by atoms with Gasteiger partial charge in [-0.15, -0.1) is 0 Å². The standard InChI is InChI=1S/C17H28N4O9/c1-8(23)13(18)15(27)19-9(4-5-12(24)25)14(26)20-10(7-22)16(28)21-6-2-3-11(21)17(29)30/h8-11,13,22-23H,2-7,18H2,1H3,(H,19,27)(H,20,26)(H,24,25)(H,29,30). The molecule has 5 atom stereocenters. The summed E-state index contributed by atoms with van der Waals surface area (Å²) in [5.41, 5.74) is 5.50. The second-order valence-corrected chi connectivity index (χ2v) is 7.03. The summed E-state index contributed by atoms with van der Waals surface area (Å²) in [5, 5.41) is 41.4. The fraction of sp³-hybridized carbons (Fsp3) is 0.706. The predicted molar refractivity (Wildman–Crippen MR) is 99.8 cm³/mol. The maximum absolute atomic E-state index is 12.6. The topological polar surface area (TPSA) is 220 Å². The van der Waals surface area contributed by atoms with E-state index in [-0.39, 0.29) is 19.4 Å². The van der Waals surface area contributed by atoms with Crippen molar-refractivity contribution in [3.63, 3.8) is 0 Å². The van der Waals surface area contributed by atoms with Crippen LogP contribution in [-0.2, 0) is 24.0 Å². The van der Waals surface area contributed by atoms with Crippen LogP contribution in [-0.4, -0.2) is 98.4 Å². The molecule has 1 aliphatic heterocycles. The molecule has 0 spiro atoms. The highest BCUT2D eigenvalue weighted by molar-refractivity contribution is 5.94. The minimum atomic E-state index is -1.48. The number of aliphatic hydroxyl groups is 2. The van der Waals surface area contributed by atoms with Gasteiger partial charge >= 0.3 is 11.9 Å². The first kappa shape index (κ1) is 25.3. The number of amides is 3. The van der Waals surface area contributed by atoms with Crippen molar-refractivity contribution in [2.45, 2.75) is 62.9 Å². The predicted octanol–water partition coefficient (Wildman–Crippen LogP) is -3.40. The number of hydrogen-bond acceptors (Lipinski definition) is 8. The summed E-state index contributed by atoms with van der Waals surface area (Å²) in [7, 11) is 0. The summed E-state index contributed by atoms with van der Waals surface area (Å²) < 4.78 is 0. The van der Waals surface area contributed by atoms with Crippen molar-refractivity contribution in [1.82, 2.24) is 15.5 Å². The second-order valence-electron chi connectivity index (χ2n) is 7.03. The van der Waals surface area contributed by atoms with Crippen molar-refractivity contribution in [2.75, 3.05) is 13.2 Å². The molecule has 170 valence electrons. The Bertz CT molecular complexity index is 670. The fourth-order valence-corrected chi connectivity index (χ4v) is 2.97. The molecule has 8 N–H and O–H groups in total. The first-order valence-electron chi connectivity index (χ1n) is 9.39. The van der Waals surface area contributed by atoms with Gasteiger partial charge in [0, 0.05) is 13.0 Å². The number of hydrogen-bond donors (Lipinski definition) is 7. The molecule has 1 fully saturated rings. The average molecular weight is 432 g/mol. The summed E-state index contributed by atoms with van der Waals surface area (Å²) in [5.74, 6) is -5.12. The van der Waals surface area contributed by atoms with Crippen molar-refractivity contribution in [3.05, 3.63) is 0 Å². The Morgan fingerprint density at radius 3 is 2.20 bits per heavy atom. The van der Waals surface area contributed by atoms with E-state index in [4.69, 9.17) is 10.8 Å². The average Bonchev–Trinajstić information content (AvgIpc) is 3.17. The first-order chi connectivity index (χ1) is 14.0. The Balaban J connectivity index is 2.90. The maximum Gasteiger partial charge on any atom is 0.326 e. The van der Waals surface area contributed by atoms with Crippen LogP contribution in [0.5, 0.6) is 0 Å². The first-order valence-corrected chi connectivity index (χ1v) is 9.39. The zero-order valence-corrected chi connectivity index (χ0v) is 16.5. The highest BCUT2D eigenvalue weighted by Crippen LogP contribution is 2.18. The number of likely N-dealkylation sites (tertiary alicyclic amines) is 1. The summed E-state index contributed by atoms with van der Waals surface area (Å²) in [6.45, 7) is 0.566. The Morgan fingerprint density at radius 1 is 1.10 bits per heavy atom. The van der Waals surface area contributed by atoms with Crippen LogP contribution in [0.25, 0.3) is 0 Å². The molecule has 3 amide bonds. The summed E-state index contributed by atoms with van der Waals surface area (Å²) in [6.07, 6.45) is -1.38. The third-order valence-electron chi connectivity index (χ3n) is 4.72. The van der Waals surface area contributed by atoms with Crippen LogP contribution in [0.1, 0.15) is 32.6 Å². The molecule has 30 heavy (non-hydrogen) atoms. The number of nitrogens with zero attached hydrogens (tertiary/aromatic N) is 1. The maximum atomic E-state index is 12.6. The molecule has 0 saturated carbocycles. The number of aliphatic carboxylic acids is 2. The van der Waals surface area contributed by atoms with Crippen LogP contribution >= 0.6 is 0 Å². The van der Waals surface area contributed by atoms with Crippen LogP contribution < -0.4 is 16.4 Å². The van der Waals surface area contributed by atoms with E-state index in [1.165, 1.54) is 6.92 Å². The normalized spacial score (nSPS) is 20.0. The smallest absolute Gasteiger partial charge is 0.326 e. The van der Waals surface area contributed by atoms with Crippen molar-refractivity contribution >= 4 is 29.7 Å². The van der Waals surface area contributed by atoms with Gasteiger partial charge in [0.2, 0.25) is 17.7 Å². The lowest BCUT2D eigenvalue weighted by Gasteiger charge is -2.28.